The smallest absolute Gasteiger partial charge is 0.254 e. The molecule has 0 aliphatic carbocycles. The number of rotatable bonds is 3. The van der Waals surface area contributed by atoms with Crippen LogP contribution in [0.25, 0.3) is 0 Å². The molecule has 0 radical (unpaired) electrons. The number of ether oxygens (including phenoxy) is 1. The number of primary sulfonamides is 1. The third-order valence-electron chi connectivity index (χ3n) is 3.21. The molecule has 1 aliphatic heterocycles. The number of carbonyl (C=O) groups is 1. The van der Waals surface area contributed by atoms with Crippen LogP contribution in [0.1, 0.15) is 23.7 Å². The predicted octanol–water partition coefficient (Wildman–Crippen LogP) is 0.521. The molecule has 116 valence electrons. The van der Waals surface area contributed by atoms with Gasteiger partial charge in [-0.05, 0) is 25.5 Å². The molecule has 1 atom stereocenters. The van der Waals surface area contributed by atoms with Gasteiger partial charge in [0.2, 0.25) is 10.0 Å². The fourth-order valence-electron chi connectivity index (χ4n) is 2.00. The van der Waals surface area contributed by atoms with Crippen LogP contribution in [0.15, 0.2) is 17.0 Å². The minimum absolute atomic E-state index is 0.234. The van der Waals surface area contributed by atoms with Crippen molar-refractivity contribution < 1.29 is 26.7 Å². The van der Waals surface area contributed by atoms with Crippen molar-refractivity contribution in [3.63, 3.8) is 0 Å². The SMILES string of the molecule is CC1(NC(=O)c2cc(S(N)(=O)=O)cc(F)c2F)CCOC1. The number of hydrogen-bond donors (Lipinski definition) is 2. The molecule has 2 rings (SSSR count). The molecule has 3 N–H and O–H groups in total. The zero-order valence-corrected chi connectivity index (χ0v) is 12.0. The van der Waals surface area contributed by atoms with E-state index in [1.54, 1.807) is 6.92 Å². The second-order valence-corrected chi connectivity index (χ2v) is 6.69. The molecule has 6 nitrogen and oxygen atoms in total. The van der Waals surface area contributed by atoms with Gasteiger partial charge in [0.25, 0.3) is 5.91 Å². The predicted molar refractivity (Wildman–Crippen MR) is 69.0 cm³/mol. The van der Waals surface area contributed by atoms with Crippen molar-refractivity contribution >= 4 is 15.9 Å². The first-order valence-corrected chi connectivity index (χ1v) is 7.59. The first-order valence-electron chi connectivity index (χ1n) is 6.04. The highest BCUT2D eigenvalue weighted by Gasteiger charge is 2.33. The second kappa shape index (κ2) is 5.32. The normalized spacial score (nSPS) is 22.3. The summed E-state index contributed by atoms with van der Waals surface area (Å²) in [6.45, 7) is 2.36. The van der Waals surface area contributed by atoms with E-state index in [1.807, 2.05) is 0 Å². The number of amides is 1. The lowest BCUT2D eigenvalue weighted by molar-refractivity contribution is 0.0884. The Morgan fingerprint density at radius 2 is 2.10 bits per heavy atom. The van der Waals surface area contributed by atoms with Crippen LogP contribution in [0.5, 0.6) is 0 Å². The average molecular weight is 320 g/mol. The zero-order valence-electron chi connectivity index (χ0n) is 11.2. The van der Waals surface area contributed by atoms with Gasteiger partial charge >= 0.3 is 0 Å². The van der Waals surface area contributed by atoms with Crippen LogP contribution in [0.3, 0.4) is 0 Å². The summed E-state index contributed by atoms with van der Waals surface area (Å²) in [6, 6.07) is 1.14. The van der Waals surface area contributed by atoms with Crippen LogP contribution in [0, 0.1) is 11.6 Å². The number of nitrogens with one attached hydrogen (secondary N) is 1. The Balaban J connectivity index is 2.38. The summed E-state index contributed by atoms with van der Waals surface area (Å²) in [5.41, 5.74) is -1.43. The van der Waals surface area contributed by atoms with Crippen molar-refractivity contribution in [3.8, 4) is 0 Å². The highest BCUT2D eigenvalue weighted by molar-refractivity contribution is 7.89. The van der Waals surface area contributed by atoms with E-state index < -0.39 is 43.6 Å². The number of nitrogens with two attached hydrogens (primary N) is 1. The third kappa shape index (κ3) is 3.36. The maximum atomic E-state index is 13.7. The third-order valence-corrected chi connectivity index (χ3v) is 4.10. The van der Waals surface area contributed by atoms with Gasteiger partial charge in [-0.1, -0.05) is 0 Å². The van der Waals surface area contributed by atoms with Crippen LogP contribution in [-0.4, -0.2) is 33.1 Å². The summed E-state index contributed by atoms with van der Waals surface area (Å²) in [5.74, 6) is -3.81. The number of carbonyl (C=O) groups excluding carboxylic acids is 1. The maximum Gasteiger partial charge on any atom is 0.254 e. The van der Waals surface area contributed by atoms with Crippen molar-refractivity contribution in [1.29, 1.82) is 0 Å². The Morgan fingerprint density at radius 3 is 2.62 bits per heavy atom. The molecule has 1 aromatic carbocycles. The second-order valence-electron chi connectivity index (χ2n) is 5.13. The van der Waals surface area contributed by atoms with Crippen molar-refractivity contribution in [2.45, 2.75) is 23.8 Å². The van der Waals surface area contributed by atoms with Crippen LogP contribution >= 0.6 is 0 Å². The minimum atomic E-state index is -4.25. The summed E-state index contributed by atoms with van der Waals surface area (Å²) in [5, 5.41) is 7.38. The summed E-state index contributed by atoms with van der Waals surface area (Å²) in [7, 11) is -4.25. The number of hydrogen-bond acceptors (Lipinski definition) is 4. The molecule has 1 heterocycles. The molecule has 9 heteroatoms. The zero-order chi connectivity index (χ0) is 15.8. The Labute approximate surface area is 120 Å². The van der Waals surface area contributed by atoms with Gasteiger partial charge in [0.05, 0.1) is 22.6 Å². The Kier molecular flexibility index (Phi) is 4.00. The van der Waals surface area contributed by atoms with Gasteiger partial charge in [-0.3, -0.25) is 4.79 Å². The molecule has 1 saturated heterocycles. The van der Waals surface area contributed by atoms with Crippen LogP contribution in [-0.2, 0) is 14.8 Å². The van der Waals surface area contributed by atoms with E-state index in [9.17, 15) is 22.0 Å². The molecule has 0 bridgehead atoms. The van der Waals surface area contributed by atoms with Gasteiger partial charge in [-0.25, -0.2) is 22.3 Å². The standard InChI is InChI=1S/C12H14F2N2O4S/c1-12(2-3-20-6-12)16-11(17)8-4-7(21(15,18)19)5-9(13)10(8)14/h4-5H,2-3,6H2,1H3,(H,16,17)(H2,15,18,19). The number of halogens is 2. The van der Waals surface area contributed by atoms with E-state index in [4.69, 9.17) is 9.88 Å². The summed E-state index contributed by atoms with van der Waals surface area (Å²) in [6.07, 6.45) is 0.512. The Hall–Kier alpha value is -1.58. The van der Waals surface area contributed by atoms with Crippen molar-refractivity contribution in [3.05, 3.63) is 29.3 Å². The summed E-state index contributed by atoms with van der Waals surface area (Å²) >= 11 is 0. The van der Waals surface area contributed by atoms with Crippen LogP contribution < -0.4 is 10.5 Å². The average Bonchev–Trinajstić information content (AvgIpc) is 2.77. The van der Waals surface area contributed by atoms with Crippen LogP contribution in [0.4, 0.5) is 8.78 Å². The van der Waals surface area contributed by atoms with E-state index >= 15 is 0 Å². The highest BCUT2D eigenvalue weighted by atomic mass is 32.2. The number of sulfonamides is 1. The first kappa shape index (κ1) is 15.8. The molecule has 21 heavy (non-hydrogen) atoms. The Bertz CT molecular complexity index is 685. The van der Waals surface area contributed by atoms with E-state index in [0.717, 1.165) is 0 Å². The monoisotopic (exact) mass is 320 g/mol. The van der Waals surface area contributed by atoms with Crippen molar-refractivity contribution in [1.82, 2.24) is 5.32 Å². The van der Waals surface area contributed by atoms with E-state index in [-0.39, 0.29) is 6.61 Å². The fourth-order valence-corrected chi connectivity index (χ4v) is 2.55. The van der Waals surface area contributed by atoms with Gasteiger partial charge < -0.3 is 10.1 Å². The Morgan fingerprint density at radius 1 is 1.43 bits per heavy atom. The summed E-state index contributed by atoms with van der Waals surface area (Å²) in [4.78, 5) is 11.4. The van der Waals surface area contributed by atoms with Gasteiger partial charge in [0, 0.05) is 6.61 Å². The molecule has 1 aliphatic rings. The lowest BCUT2D eigenvalue weighted by Crippen LogP contribution is -2.46. The molecule has 0 spiro atoms. The van der Waals surface area contributed by atoms with Gasteiger partial charge in [0.1, 0.15) is 0 Å². The summed E-state index contributed by atoms with van der Waals surface area (Å²) < 4.78 is 54.7. The largest absolute Gasteiger partial charge is 0.379 e. The highest BCUT2D eigenvalue weighted by Crippen LogP contribution is 2.21. The van der Waals surface area contributed by atoms with Crippen molar-refractivity contribution in [2.24, 2.45) is 5.14 Å². The van der Waals surface area contributed by atoms with Gasteiger partial charge in [0.15, 0.2) is 11.6 Å². The van der Waals surface area contributed by atoms with Crippen LogP contribution in [0.2, 0.25) is 0 Å². The molecule has 1 amide bonds. The topological polar surface area (TPSA) is 98.5 Å². The molecule has 0 saturated carbocycles. The minimum Gasteiger partial charge on any atom is -0.379 e. The van der Waals surface area contributed by atoms with E-state index in [1.165, 1.54) is 0 Å². The van der Waals surface area contributed by atoms with Gasteiger partial charge in [-0.15, -0.1) is 0 Å². The lowest BCUT2D eigenvalue weighted by atomic mass is 10.0. The molecule has 1 unspecified atom stereocenters. The van der Waals surface area contributed by atoms with E-state index in [0.29, 0.717) is 25.2 Å². The fraction of sp³-hybridized carbons (Fsp3) is 0.417. The molecule has 0 aromatic heterocycles. The molecule has 1 fully saturated rings. The molecule has 1 aromatic rings. The lowest BCUT2D eigenvalue weighted by Gasteiger charge is -2.23. The van der Waals surface area contributed by atoms with E-state index in [2.05, 4.69) is 5.32 Å². The quantitative estimate of drug-likeness (QED) is 0.848. The number of benzene rings is 1. The van der Waals surface area contributed by atoms with Gasteiger partial charge in [-0.2, -0.15) is 0 Å². The van der Waals surface area contributed by atoms with Crippen molar-refractivity contribution in [2.75, 3.05) is 13.2 Å². The maximum absolute atomic E-state index is 13.7. The first-order chi connectivity index (χ1) is 9.62. The molecular weight excluding hydrogens is 306 g/mol. The molecular formula is C12H14F2N2O4S.